The van der Waals surface area contributed by atoms with Gasteiger partial charge in [0.15, 0.2) is 6.17 Å². The number of aromatic nitrogens is 2. The summed E-state index contributed by atoms with van der Waals surface area (Å²) < 4.78 is 11.7. The van der Waals surface area contributed by atoms with E-state index in [0.717, 1.165) is 0 Å². The summed E-state index contributed by atoms with van der Waals surface area (Å²) in [6, 6.07) is 1.57. The minimum absolute atomic E-state index is 0.386. The van der Waals surface area contributed by atoms with Crippen LogP contribution in [-0.4, -0.2) is 45.2 Å². The lowest BCUT2D eigenvalue weighted by atomic mass is 10.2. The fraction of sp³-hybridized carbons (Fsp3) is 0.625. The Bertz CT molecular complexity index is 627. The Balaban J connectivity index is 2.86. The van der Waals surface area contributed by atoms with E-state index in [9.17, 15) is 14.4 Å². The van der Waals surface area contributed by atoms with Crippen molar-refractivity contribution in [3.05, 3.63) is 12.3 Å². The maximum absolute atomic E-state index is 12.5. The first-order chi connectivity index (χ1) is 11.8. The van der Waals surface area contributed by atoms with Gasteiger partial charge in [-0.05, 0) is 41.5 Å². The van der Waals surface area contributed by atoms with E-state index in [1.54, 1.807) is 54.7 Å². The number of rotatable bonds is 4. The highest BCUT2D eigenvalue weighted by Gasteiger charge is 2.28. The third-order valence-corrected chi connectivity index (χ3v) is 2.66. The molecule has 0 aliphatic heterocycles. The van der Waals surface area contributed by atoms with E-state index in [2.05, 4.69) is 21.0 Å². The lowest BCUT2D eigenvalue weighted by Crippen LogP contribution is -2.56. The van der Waals surface area contributed by atoms with Crippen LogP contribution in [0.4, 0.5) is 15.4 Å². The molecule has 0 aromatic carbocycles. The van der Waals surface area contributed by atoms with Gasteiger partial charge in [0.25, 0.3) is 5.91 Å². The molecule has 10 nitrogen and oxygen atoms in total. The summed E-state index contributed by atoms with van der Waals surface area (Å²) in [6.45, 7) is 10.1. The average Bonchev–Trinajstić information content (AvgIpc) is 2.79. The van der Waals surface area contributed by atoms with E-state index in [0.29, 0.717) is 5.82 Å². The van der Waals surface area contributed by atoms with E-state index in [1.807, 2.05) is 0 Å². The van der Waals surface area contributed by atoms with Gasteiger partial charge in [-0.2, -0.15) is 5.10 Å². The SMILES string of the molecule is Cn1nccc1NC(=O)C(NC(=O)OC(C)(C)C)NC(=O)OC(C)(C)C. The van der Waals surface area contributed by atoms with E-state index in [-0.39, 0.29) is 0 Å². The Morgan fingerprint density at radius 2 is 1.46 bits per heavy atom. The topological polar surface area (TPSA) is 124 Å². The number of carbonyl (C=O) groups excluding carboxylic acids is 3. The highest BCUT2D eigenvalue weighted by atomic mass is 16.6. The van der Waals surface area contributed by atoms with Gasteiger partial charge >= 0.3 is 12.2 Å². The van der Waals surface area contributed by atoms with Gasteiger partial charge in [-0.3, -0.25) is 20.1 Å². The molecule has 0 aliphatic rings. The van der Waals surface area contributed by atoms with Gasteiger partial charge in [0.05, 0.1) is 6.20 Å². The van der Waals surface area contributed by atoms with Crippen LogP contribution >= 0.6 is 0 Å². The number of nitrogens with one attached hydrogen (secondary N) is 3. The van der Waals surface area contributed by atoms with Crippen LogP contribution in [0, 0.1) is 0 Å². The lowest BCUT2D eigenvalue weighted by molar-refractivity contribution is -0.119. The van der Waals surface area contributed by atoms with Gasteiger partial charge in [0, 0.05) is 13.1 Å². The zero-order chi connectivity index (χ0) is 20.1. The van der Waals surface area contributed by atoms with Crippen LogP contribution in [0.1, 0.15) is 41.5 Å². The average molecular weight is 369 g/mol. The minimum atomic E-state index is -1.41. The number of nitrogens with zero attached hydrogens (tertiary/aromatic N) is 2. The Hall–Kier alpha value is -2.78. The number of ether oxygens (including phenoxy) is 2. The summed E-state index contributed by atoms with van der Waals surface area (Å²) in [7, 11) is 1.63. The molecule has 1 aromatic heterocycles. The summed E-state index contributed by atoms with van der Waals surface area (Å²) in [5, 5.41) is 11.1. The summed E-state index contributed by atoms with van der Waals surface area (Å²) >= 11 is 0. The molecule has 0 saturated heterocycles. The Kier molecular flexibility index (Phi) is 6.60. The van der Waals surface area contributed by atoms with E-state index < -0.39 is 35.5 Å². The molecule has 0 radical (unpaired) electrons. The highest BCUT2D eigenvalue weighted by molar-refractivity contribution is 5.97. The number of amides is 3. The molecule has 3 N–H and O–H groups in total. The molecule has 0 aliphatic carbocycles. The van der Waals surface area contributed by atoms with Gasteiger partial charge in [-0.1, -0.05) is 0 Å². The van der Waals surface area contributed by atoms with Crippen molar-refractivity contribution in [1.82, 2.24) is 20.4 Å². The van der Waals surface area contributed by atoms with E-state index in [4.69, 9.17) is 9.47 Å². The van der Waals surface area contributed by atoms with Crippen LogP contribution in [0.15, 0.2) is 12.3 Å². The quantitative estimate of drug-likeness (QED) is 0.695. The second kappa shape index (κ2) is 8.07. The van der Waals surface area contributed by atoms with Crippen LogP contribution in [0.3, 0.4) is 0 Å². The smallest absolute Gasteiger partial charge is 0.409 e. The fourth-order valence-corrected chi connectivity index (χ4v) is 1.71. The van der Waals surface area contributed by atoms with Crippen molar-refractivity contribution in [3.63, 3.8) is 0 Å². The van der Waals surface area contributed by atoms with Crippen molar-refractivity contribution in [2.45, 2.75) is 58.9 Å². The maximum Gasteiger partial charge on any atom is 0.409 e. The molecule has 10 heteroatoms. The molecule has 0 spiro atoms. The molecule has 146 valence electrons. The zero-order valence-electron chi connectivity index (χ0n) is 16.2. The molecule has 3 amide bonds. The van der Waals surface area contributed by atoms with Gasteiger partial charge < -0.3 is 14.8 Å². The largest absolute Gasteiger partial charge is 0.444 e. The standard InChI is InChI=1S/C16H27N5O5/c1-15(2,3)25-13(23)19-11(20-14(24)26-16(4,5)6)12(22)18-10-8-9-17-21(10)7/h8-9,11H,1-7H3,(H,18,22)(H,19,23)(H,20,24). The zero-order valence-corrected chi connectivity index (χ0v) is 16.2. The Morgan fingerprint density at radius 1 is 1.00 bits per heavy atom. The monoisotopic (exact) mass is 369 g/mol. The first kappa shape index (κ1) is 21.3. The van der Waals surface area contributed by atoms with Crippen LogP contribution in [0.2, 0.25) is 0 Å². The maximum atomic E-state index is 12.5. The van der Waals surface area contributed by atoms with Crippen LogP contribution in [0.25, 0.3) is 0 Å². The molecule has 0 saturated carbocycles. The van der Waals surface area contributed by atoms with Crippen molar-refractivity contribution in [3.8, 4) is 0 Å². The molecule has 0 unspecified atom stereocenters. The van der Waals surface area contributed by atoms with Gasteiger partial charge in [-0.25, -0.2) is 9.59 Å². The summed E-state index contributed by atoms with van der Waals surface area (Å²) in [6.07, 6.45) is -1.64. The molecule has 0 fully saturated rings. The number of hydrogen-bond donors (Lipinski definition) is 3. The minimum Gasteiger partial charge on any atom is -0.444 e. The third-order valence-electron chi connectivity index (χ3n) is 2.66. The second-order valence-electron chi connectivity index (χ2n) is 7.55. The van der Waals surface area contributed by atoms with Crippen molar-refractivity contribution in [2.24, 2.45) is 7.05 Å². The van der Waals surface area contributed by atoms with Crippen molar-refractivity contribution < 1.29 is 23.9 Å². The van der Waals surface area contributed by atoms with E-state index in [1.165, 1.54) is 10.9 Å². The number of anilines is 1. The van der Waals surface area contributed by atoms with Crippen molar-refractivity contribution >= 4 is 23.9 Å². The number of aryl methyl sites for hydroxylation is 1. The molecule has 0 bridgehead atoms. The normalized spacial score (nSPS) is 11.7. The third kappa shape index (κ3) is 7.86. The summed E-state index contributed by atoms with van der Waals surface area (Å²) in [5.74, 6) is -0.303. The lowest BCUT2D eigenvalue weighted by Gasteiger charge is -2.25. The molecule has 1 rings (SSSR count). The first-order valence-electron chi connectivity index (χ1n) is 8.05. The molecular weight excluding hydrogens is 342 g/mol. The predicted octanol–water partition coefficient (Wildman–Crippen LogP) is 1.73. The van der Waals surface area contributed by atoms with Crippen molar-refractivity contribution in [1.29, 1.82) is 0 Å². The second-order valence-corrected chi connectivity index (χ2v) is 7.55. The molecular formula is C16H27N5O5. The number of carbonyl (C=O) groups is 3. The summed E-state index contributed by atoms with van der Waals surface area (Å²) in [5.41, 5.74) is -1.53. The molecule has 1 heterocycles. The number of alkyl carbamates (subject to hydrolysis) is 2. The molecule has 26 heavy (non-hydrogen) atoms. The molecule has 1 aromatic rings. The molecule has 0 atom stereocenters. The Morgan fingerprint density at radius 3 is 1.81 bits per heavy atom. The van der Waals surface area contributed by atoms with Gasteiger partial charge in [0.1, 0.15) is 17.0 Å². The van der Waals surface area contributed by atoms with E-state index >= 15 is 0 Å². The predicted molar refractivity (Wildman–Crippen MR) is 94.4 cm³/mol. The van der Waals surface area contributed by atoms with Crippen LogP contribution in [0.5, 0.6) is 0 Å². The van der Waals surface area contributed by atoms with Crippen LogP contribution < -0.4 is 16.0 Å². The number of hydrogen-bond acceptors (Lipinski definition) is 6. The fourth-order valence-electron chi connectivity index (χ4n) is 1.71. The van der Waals surface area contributed by atoms with Crippen molar-refractivity contribution in [2.75, 3.05) is 5.32 Å². The van der Waals surface area contributed by atoms with Gasteiger partial charge in [0.2, 0.25) is 0 Å². The first-order valence-corrected chi connectivity index (χ1v) is 8.05. The summed E-state index contributed by atoms with van der Waals surface area (Å²) in [4.78, 5) is 36.4. The van der Waals surface area contributed by atoms with Crippen LogP contribution in [-0.2, 0) is 21.3 Å². The van der Waals surface area contributed by atoms with Gasteiger partial charge in [-0.15, -0.1) is 0 Å². The Labute approximate surface area is 152 Å². The highest BCUT2D eigenvalue weighted by Crippen LogP contribution is 2.09.